The number of halogens is 3. The van der Waals surface area contributed by atoms with E-state index in [1.165, 1.54) is 12.8 Å². The van der Waals surface area contributed by atoms with Crippen LogP contribution in [0.5, 0.6) is 0 Å². The van der Waals surface area contributed by atoms with E-state index < -0.39 is 0 Å². The van der Waals surface area contributed by atoms with Crippen LogP contribution in [0.2, 0.25) is 0 Å². The molecule has 0 bridgehead atoms. The second-order valence-corrected chi connectivity index (χ2v) is 4.32. The van der Waals surface area contributed by atoms with Crippen molar-refractivity contribution < 1.29 is 0 Å². The second-order valence-electron chi connectivity index (χ2n) is 1.58. The van der Waals surface area contributed by atoms with Crippen molar-refractivity contribution in [2.45, 2.75) is 17.7 Å². The molecular weight excluding hydrogens is 300 g/mol. The Kier molecular flexibility index (Phi) is 7.74. The molecule has 0 heterocycles. The van der Waals surface area contributed by atoms with Gasteiger partial charge in [-0.2, -0.15) is 0 Å². The Morgan fingerprint density at radius 3 is 2.25 bits per heavy atom. The predicted octanol–water partition coefficient (Wildman–Crippen LogP) is 3.32. The molecule has 50 valence electrons. The van der Waals surface area contributed by atoms with Crippen LogP contribution in [0, 0.1) is 0 Å². The van der Waals surface area contributed by atoms with Gasteiger partial charge in [-0.3, -0.25) is 0 Å². The Bertz CT molecular complexity index is 46.9. The van der Waals surface area contributed by atoms with Gasteiger partial charge >= 0.3 is 0 Å². The van der Waals surface area contributed by atoms with Gasteiger partial charge in [0.1, 0.15) is 0 Å². The molecule has 0 N–H and O–H groups in total. The third-order valence-electron chi connectivity index (χ3n) is 0.818. The molecule has 0 nitrogen and oxygen atoms in total. The first-order valence-corrected chi connectivity index (χ1v) is 5.73. The Balaban J connectivity index is 2.86. The van der Waals surface area contributed by atoms with Crippen molar-refractivity contribution in [1.82, 2.24) is 0 Å². The van der Waals surface area contributed by atoms with Crippen molar-refractivity contribution >= 4 is 47.8 Å². The SMILES string of the molecule is BrCCCC(Br)CBr. The zero-order valence-electron chi connectivity index (χ0n) is 4.54. The highest BCUT2D eigenvalue weighted by atomic mass is 79.9. The molecule has 0 aromatic carbocycles. The molecular formula is C5H9Br3. The Labute approximate surface area is 75.8 Å². The van der Waals surface area contributed by atoms with Crippen molar-refractivity contribution in [3.63, 3.8) is 0 Å². The summed E-state index contributed by atoms with van der Waals surface area (Å²) in [5.74, 6) is 0. The molecule has 0 rings (SSSR count). The summed E-state index contributed by atoms with van der Waals surface area (Å²) < 4.78 is 0. The summed E-state index contributed by atoms with van der Waals surface area (Å²) >= 11 is 10.3. The molecule has 0 radical (unpaired) electrons. The quantitative estimate of drug-likeness (QED) is 0.699. The van der Waals surface area contributed by atoms with Crippen LogP contribution >= 0.6 is 47.8 Å². The average molecular weight is 309 g/mol. The normalized spacial score (nSPS) is 13.9. The lowest BCUT2D eigenvalue weighted by Crippen LogP contribution is -1.97. The van der Waals surface area contributed by atoms with Gasteiger partial charge < -0.3 is 0 Å². The van der Waals surface area contributed by atoms with Crippen molar-refractivity contribution in [2.24, 2.45) is 0 Å². The van der Waals surface area contributed by atoms with Gasteiger partial charge in [0.05, 0.1) is 0 Å². The van der Waals surface area contributed by atoms with Crippen LogP contribution in [0.15, 0.2) is 0 Å². The van der Waals surface area contributed by atoms with E-state index in [0.29, 0.717) is 4.83 Å². The van der Waals surface area contributed by atoms with E-state index >= 15 is 0 Å². The van der Waals surface area contributed by atoms with E-state index in [0.717, 1.165) is 10.7 Å². The maximum absolute atomic E-state index is 3.51. The van der Waals surface area contributed by atoms with Crippen molar-refractivity contribution in [2.75, 3.05) is 10.7 Å². The third-order valence-corrected chi connectivity index (χ3v) is 3.81. The maximum atomic E-state index is 3.51. The molecule has 0 aliphatic carbocycles. The van der Waals surface area contributed by atoms with Gasteiger partial charge in [0.15, 0.2) is 0 Å². The van der Waals surface area contributed by atoms with Gasteiger partial charge in [0.2, 0.25) is 0 Å². The molecule has 0 aromatic rings. The highest BCUT2D eigenvalue weighted by molar-refractivity contribution is 9.12. The predicted molar refractivity (Wildman–Crippen MR) is 49.5 cm³/mol. The van der Waals surface area contributed by atoms with Crippen molar-refractivity contribution in [1.29, 1.82) is 0 Å². The zero-order chi connectivity index (χ0) is 6.41. The number of rotatable bonds is 4. The Hall–Kier alpha value is 1.44. The van der Waals surface area contributed by atoms with E-state index in [1.54, 1.807) is 0 Å². The third kappa shape index (κ3) is 5.57. The minimum atomic E-state index is 0.653. The average Bonchev–Trinajstić information content (AvgIpc) is 1.83. The highest BCUT2D eigenvalue weighted by Crippen LogP contribution is 2.10. The summed E-state index contributed by atoms with van der Waals surface area (Å²) in [7, 11) is 0. The molecule has 1 atom stereocenters. The second kappa shape index (κ2) is 6.56. The number of hydrogen-bond donors (Lipinski definition) is 0. The molecule has 3 heteroatoms. The van der Waals surface area contributed by atoms with E-state index in [1.807, 2.05) is 0 Å². The first-order valence-electron chi connectivity index (χ1n) is 2.57. The maximum Gasteiger partial charge on any atom is 0.0243 e. The summed E-state index contributed by atoms with van der Waals surface area (Å²) in [6.45, 7) is 0. The lowest BCUT2D eigenvalue weighted by Gasteiger charge is -2.00. The van der Waals surface area contributed by atoms with Crippen LogP contribution in [0.25, 0.3) is 0 Å². The molecule has 1 unspecified atom stereocenters. The first-order chi connectivity index (χ1) is 3.81. The number of alkyl halides is 3. The molecule has 0 amide bonds. The van der Waals surface area contributed by atoms with Gasteiger partial charge in [-0.15, -0.1) is 0 Å². The molecule has 0 aliphatic heterocycles. The van der Waals surface area contributed by atoms with Crippen LogP contribution in [-0.2, 0) is 0 Å². The van der Waals surface area contributed by atoms with E-state index in [9.17, 15) is 0 Å². The van der Waals surface area contributed by atoms with Crippen LogP contribution in [0.1, 0.15) is 12.8 Å². The summed E-state index contributed by atoms with van der Waals surface area (Å²) in [6, 6.07) is 0. The Morgan fingerprint density at radius 2 is 1.88 bits per heavy atom. The molecule has 0 saturated carbocycles. The van der Waals surface area contributed by atoms with E-state index in [-0.39, 0.29) is 0 Å². The molecule has 8 heavy (non-hydrogen) atoms. The topological polar surface area (TPSA) is 0 Å². The fourth-order valence-electron chi connectivity index (χ4n) is 0.376. The van der Waals surface area contributed by atoms with Crippen molar-refractivity contribution in [3.8, 4) is 0 Å². The minimum Gasteiger partial charge on any atom is -0.0928 e. The lowest BCUT2D eigenvalue weighted by molar-refractivity contribution is 0.817. The minimum absolute atomic E-state index is 0.653. The molecule has 0 spiro atoms. The van der Waals surface area contributed by atoms with E-state index in [2.05, 4.69) is 47.8 Å². The van der Waals surface area contributed by atoms with Crippen LogP contribution in [-0.4, -0.2) is 15.5 Å². The fraction of sp³-hybridized carbons (Fsp3) is 1.00. The highest BCUT2D eigenvalue weighted by Gasteiger charge is 1.98. The summed E-state index contributed by atoms with van der Waals surface area (Å²) in [4.78, 5) is 0.653. The van der Waals surface area contributed by atoms with Crippen molar-refractivity contribution in [3.05, 3.63) is 0 Å². The standard InChI is InChI=1S/C5H9Br3/c6-3-1-2-5(8)4-7/h5H,1-4H2. The Morgan fingerprint density at radius 1 is 1.25 bits per heavy atom. The first kappa shape index (κ1) is 9.44. The largest absolute Gasteiger partial charge is 0.0928 e. The zero-order valence-corrected chi connectivity index (χ0v) is 9.30. The van der Waals surface area contributed by atoms with Gasteiger partial charge in [-0.1, -0.05) is 47.8 Å². The smallest absolute Gasteiger partial charge is 0.0243 e. The summed E-state index contributed by atoms with van der Waals surface area (Å²) in [6.07, 6.45) is 2.50. The molecule has 0 fully saturated rings. The van der Waals surface area contributed by atoms with Gasteiger partial charge in [0, 0.05) is 15.5 Å². The number of hydrogen-bond acceptors (Lipinski definition) is 0. The monoisotopic (exact) mass is 306 g/mol. The fourth-order valence-corrected chi connectivity index (χ4v) is 1.35. The van der Waals surface area contributed by atoms with Crippen LogP contribution in [0.4, 0.5) is 0 Å². The van der Waals surface area contributed by atoms with E-state index in [4.69, 9.17) is 0 Å². The molecule has 0 saturated heterocycles. The van der Waals surface area contributed by atoms with Gasteiger partial charge in [-0.25, -0.2) is 0 Å². The van der Waals surface area contributed by atoms with Gasteiger partial charge in [0.25, 0.3) is 0 Å². The molecule has 0 aromatic heterocycles. The van der Waals surface area contributed by atoms with Crippen LogP contribution in [0.3, 0.4) is 0 Å². The molecule has 0 aliphatic rings. The van der Waals surface area contributed by atoms with Crippen LogP contribution < -0.4 is 0 Å². The lowest BCUT2D eigenvalue weighted by atomic mass is 10.3. The van der Waals surface area contributed by atoms with Gasteiger partial charge in [-0.05, 0) is 12.8 Å². The summed E-state index contributed by atoms with van der Waals surface area (Å²) in [5.41, 5.74) is 0. The summed E-state index contributed by atoms with van der Waals surface area (Å²) in [5, 5.41) is 2.17.